The Bertz CT molecular complexity index is 273. The van der Waals surface area contributed by atoms with Crippen molar-refractivity contribution in [1.82, 2.24) is 5.32 Å². The Morgan fingerprint density at radius 2 is 2.29 bits per heavy atom. The highest BCUT2D eigenvalue weighted by Crippen LogP contribution is 2.27. The van der Waals surface area contributed by atoms with E-state index in [1.807, 2.05) is 6.07 Å². The van der Waals surface area contributed by atoms with Crippen LogP contribution in [0.25, 0.3) is 0 Å². The van der Waals surface area contributed by atoms with Crippen molar-refractivity contribution < 1.29 is 4.74 Å². The largest absolute Gasteiger partial charge is 0.488 e. The van der Waals surface area contributed by atoms with E-state index in [1.54, 1.807) is 0 Å². The van der Waals surface area contributed by atoms with Gasteiger partial charge >= 0.3 is 0 Å². The smallest absolute Gasteiger partial charge is 0.123 e. The van der Waals surface area contributed by atoms with Crippen molar-refractivity contribution in [3.63, 3.8) is 0 Å². The molecule has 0 aromatic heterocycles. The maximum absolute atomic E-state index is 5.79. The molecule has 0 aliphatic carbocycles. The lowest BCUT2D eigenvalue weighted by Crippen LogP contribution is -2.30. The highest BCUT2D eigenvalue weighted by Gasteiger charge is 2.21. The van der Waals surface area contributed by atoms with E-state index in [2.05, 4.69) is 30.4 Å². The predicted octanol–water partition coefficient (Wildman–Crippen LogP) is 1.99. The zero-order chi connectivity index (χ0) is 9.80. The second-order valence-electron chi connectivity index (χ2n) is 3.76. The third-order valence-electron chi connectivity index (χ3n) is 2.51. The summed E-state index contributed by atoms with van der Waals surface area (Å²) in [6, 6.07) is 8.30. The molecule has 2 nitrogen and oxygen atoms in total. The monoisotopic (exact) mass is 191 g/mol. The molecule has 1 unspecified atom stereocenters. The van der Waals surface area contributed by atoms with E-state index < -0.39 is 0 Å². The van der Waals surface area contributed by atoms with E-state index in [-0.39, 0.29) is 0 Å². The fourth-order valence-electron chi connectivity index (χ4n) is 1.81. The Kier molecular flexibility index (Phi) is 3.04. The molecular formula is C12H17NO. The van der Waals surface area contributed by atoms with Crippen molar-refractivity contribution in [1.29, 1.82) is 0 Å². The third-order valence-corrected chi connectivity index (χ3v) is 2.51. The van der Waals surface area contributed by atoms with Crippen LogP contribution in [0.2, 0.25) is 0 Å². The maximum Gasteiger partial charge on any atom is 0.123 e. The average Bonchev–Trinajstić information content (AvgIpc) is 2.60. The van der Waals surface area contributed by atoms with Gasteiger partial charge < -0.3 is 10.1 Å². The second-order valence-corrected chi connectivity index (χ2v) is 3.76. The lowest BCUT2D eigenvalue weighted by molar-refractivity contribution is 0.228. The summed E-state index contributed by atoms with van der Waals surface area (Å²) >= 11 is 0. The van der Waals surface area contributed by atoms with Gasteiger partial charge in [0, 0.05) is 13.0 Å². The van der Waals surface area contributed by atoms with Gasteiger partial charge in [-0.15, -0.1) is 0 Å². The molecule has 76 valence electrons. The van der Waals surface area contributed by atoms with Gasteiger partial charge in [-0.25, -0.2) is 0 Å². The van der Waals surface area contributed by atoms with Crippen LogP contribution in [0.1, 0.15) is 18.9 Å². The number of para-hydroxylation sites is 1. The zero-order valence-corrected chi connectivity index (χ0v) is 8.62. The first-order chi connectivity index (χ1) is 6.90. The highest BCUT2D eigenvalue weighted by atomic mass is 16.5. The summed E-state index contributed by atoms with van der Waals surface area (Å²) < 4.78 is 5.79. The third kappa shape index (κ3) is 2.07. The summed E-state index contributed by atoms with van der Waals surface area (Å²) in [5.41, 5.74) is 1.34. The normalized spacial score (nSPS) is 19.1. The van der Waals surface area contributed by atoms with Crippen LogP contribution in [-0.4, -0.2) is 19.2 Å². The van der Waals surface area contributed by atoms with Crippen LogP contribution in [-0.2, 0) is 6.42 Å². The van der Waals surface area contributed by atoms with Crippen molar-refractivity contribution in [3.8, 4) is 5.75 Å². The topological polar surface area (TPSA) is 21.3 Å². The Labute approximate surface area is 85.3 Å². The van der Waals surface area contributed by atoms with Gasteiger partial charge in [0.1, 0.15) is 11.9 Å². The fourth-order valence-corrected chi connectivity index (χ4v) is 1.81. The van der Waals surface area contributed by atoms with Crippen molar-refractivity contribution >= 4 is 0 Å². The van der Waals surface area contributed by atoms with Crippen molar-refractivity contribution in [2.24, 2.45) is 0 Å². The van der Waals surface area contributed by atoms with Gasteiger partial charge in [0.25, 0.3) is 0 Å². The number of hydrogen-bond donors (Lipinski definition) is 1. The fraction of sp³-hybridized carbons (Fsp3) is 0.500. The molecule has 0 bridgehead atoms. The second kappa shape index (κ2) is 4.47. The highest BCUT2D eigenvalue weighted by molar-refractivity contribution is 5.37. The van der Waals surface area contributed by atoms with Crippen molar-refractivity contribution in [2.75, 3.05) is 13.1 Å². The molecule has 1 atom stereocenters. The molecule has 1 aromatic carbocycles. The van der Waals surface area contributed by atoms with Crippen LogP contribution in [0.15, 0.2) is 24.3 Å². The molecular weight excluding hydrogens is 174 g/mol. The molecule has 1 heterocycles. The summed E-state index contributed by atoms with van der Waals surface area (Å²) in [6.07, 6.45) is 2.56. The number of nitrogens with one attached hydrogen (secondary N) is 1. The minimum absolute atomic E-state index is 0.332. The Balaban J connectivity index is 1.86. The number of fused-ring (bicyclic) bond motifs is 1. The van der Waals surface area contributed by atoms with Crippen LogP contribution in [0.4, 0.5) is 0 Å². The minimum Gasteiger partial charge on any atom is -0.488 e. The summed E-state index contributed by atoms with van der Waals surface area (Å²) in [5, 5.41) is 3.39. The maximum atomic E-state index is 5.79. The van der Waals surface area contributed by atoms with Gasteiger partial charge in [-0.05, 0) is 24.6 Å². The summed E-state index contributed by atoms with van der Waals surface area (Å²) in [5.74, 6) is 1.07. The van der Waals surface area contributed by atoms with Crippen molar-refractivity contribution in [2.45, 2.75) is 25.9 Å². The molecule has 2 heteroatoms. The quantitative estimate of drug-likeness (QED) is 0.735. The van der Waals surface area contributed by atoms with E-state index in [1.165, 1.54) is 12.0 Å². The van der Waals surface area contributed by atoms with Crippen LogP contribution >= 0.6 is 0 Å². The number of ether oxygens (including phenoxy) is 1. The number of hydrogen-bond acceptors (Lipinski definition) is 2. The minimum atomic E-state index is 0.332. The van der Waals surface area contributed by atoms with Gasteiger partial charge in [0.15, 0.2) is 0 Å². The van der Waals surface area contributed by atoms with Gasteiger partial charge in [0.2, 0.25) is 0 Å². The predicted molar refractivity (Wildman–Crippen MR) is 57.7 cm³/mol. The van der Waals surface area contributed by atoms with Gasteiger partial charge in [-0.3, -0.25) is 0 Å². The summed E-state index contributed by atoms with van der Waals surface area (Å²) in [6.45, 7) is 4.22. The molecule has 0 amide bonds. The molecule has 0 radical (unpaired) electrons. The van der Waals surface area contributed by atoms with Gasteiger partial charge in [-0.2, -0.15) is 0 Å². The van der Waals surface area contributed by atoms with E-state index in [0.717, 1.165) is 25.3 Å². The molecule has 0 spiro atoms. The first-order valence-electron chi connectivity index (χ1n) is 5.35. The number of rotatable bonds is 4. The molecule has 14 heavy (non-hydrogen) atoms. The van der Waals surface area contributed by atoms with Crippen LogP contribution in [0.5, 0.6) is 5.75 Å². The first kappa shape index (κ1) is 9.53. The molecule has 1 aromatic rings. The number of benzene rings is 1. The standard InChI is InChI=1S/C12H17NO/c1-2-7-13-9-11-8-10-5-3-4-6-12(10)14-11/h3-6,11,13H,2,7-9H2,1H3. The molecule has 0 saturated carbocycles. The van der Waals surface area contributed by atoms with Crippen LogP contribution in [0, 0.1) is 0 Å². The van der Waals surface area contributed by atoms with Gasteiger partial charge in [-0.1, -0.05) is 25.1 Å². The zero-order valence-electron chi connectivity index (χ0n) is 8.62. The molecule has 0 fully saturated rings. The molecule has 0 saturated heterocycles. The summed E-state index contributed by atoms with van der Waals surface area (Å²) in [4.78, 5) is 0. The van der Waals surface area contributed by atoms with E-state index in [0.29, 0.717) is 6.10 Å². The van der Waals surface area contributed by atoms with E-state index >= 15 is 0 Å². The van der Waals surface area contributed by atoms with Gasteiger partial charge in [0.05, 0.1) is 0 Å². The lowest BCUT2D eigenvalue weighted by atomic mass is 10.1. The summed E-state index contributed by atoms with van der Waals surface area (Å²) in [7, 11) is 0. The molecule has 2 rings (SSSR count). The van der Waals surface area contributed by atoms with Crippen LogP contribution in [0.3, 0.4) is 0 Å². The Hall–Kier alpha value is -1.02. The average molecular weight is 191 g/mol. The first-order valence-corrected chi connectivity index (χ1v) is 5.35. The molecule has 1 aliphatic rings. The van der Waals surface area contributed by atoms with Crippen LogP contribution < -0.4 is 10.1 Å². The Morgan fingerprint density at radius 3 is 3.07 bits per heavy atom. The lowest BCUT2D eigenvalue weighted by Gasteiger charge is -2.10. The molecule has 1 N–H and O–H groups in total. The van der Waals surface area contributed by atoms with E-state index in [9.17, 15) is 0 Å². The SMILES string of the molecule is CCCNCC1Cc2ccccc2O1. The Morgan fingerprint density at radius 1 is 1.43 bits per heavy atom. The van der Waals surface area contributed by atoms with Crippen molar-refractivity contribution in [3.05, 3.63) is 29.8 Å². The molecule has 1 aliphatic heterocycles. The van der Waals surface area contributed by atoms with E-state index in [4.69, 9.17) is 4.74 Å².